The molecule has 0 unspecified atom stereocenters. The lowest BCUT2D eigenvalue weighted by molar-refractivity contribution is -0.137. The Morgan fingerprint density at radius 3 is 2.43 bits per heavy atom. The summed E-state index contributed by atoms with van der Waals surface area (Å²) in [7, 11) is 0. The molecule has 0 saturated carbocycles. The van der Waals surface area contributed by atoms with Crippen molar-refractivity contribution in [3.63, 3.8) is 0 Å². The van der Waals surface area contributed by atoms with Crippen molar-refractivity contribution in [1.29, 1.82) is 0 Å². The third kappa shape index (κ3) is 5.76. The molecular weight excluding hydrogens is 507 g/mol. The standard InChI is InChI=1S/C26H21ClF3N5O2/c27-21-7-1-16(13-20(21)26(28,29)30)25(36)33-17-2-4-18(5-3-17)37-19-6-8-22-23(14-19)34-24(15-32-22)35-11-9-31-10-12-35/h1-8,13-15,31H,9-12H2,(H,33,36). The second-order valence-electron chi connectivity index (χ2n) is 8.39. The first-order chi connectivity index (χ1) is 17.8. The van der Waals surface area contributed by atoms with Crippen LogP contribution in [0, 0.1) is 0 Å². The van der Waals surface area contributed by atoms with E-state index >= 15 is 0 Å². The minimum atomic E-state index is -4.66. The van der Waals surface area contributed by atoms with Crippen LogP contribution in [0.4, 0.5) is 24.7 Å². The highest BCUT2D eigenvalue weighted by atomic mass is 35.5. The van der Waals surface area contributed by atoms with E-state index in [0.717, 1.165) is 49.6 Å². The van der Waals surface area contributed by atoms with Crippen molar-refractivity contribution in [3.8, 4) is 11.5 Å². The molecule has 1 saturated heterocycles. The van der Waals surface area contributed by atoms with Crippen LogP contribution in [0.1, 0.15) is 15.9 Å². The first kappa shape index (κ1) is 24.8. The molecule has 1 fully saturated rings. The summed E-state index contributed by atoms with van der Waals surface area (Å²) in [5.74, 6) is 1.20. The van der Waals surface area contributed by atoms with Crippen molar-refractivity contribution in [2.75, 3.05) is 36.4 Å². The van der Waals surface area contributed by atoms with Gasteiger partial charge in [-0.1, -0.05) is 11.6 Å². The van der Waals surface area contributed by atoms with E-state index in [1.807, 2.05) is 12.1 Å². The zero-order chi connectivity index (χ0) is 26.0. The Kier molecular flexibility index (Phi) is 6.86. The number of halogens is 4. The fraction of sp³-hybridized carbons (Fsp3) is 0.192. The van der Waals surface area contributed by atoms with E-state index in [1.165, 1.54) is 6.07 Å². The molecule has 190 valence electrons. The average Bonchev–Trinajstić information content (AvgIpc) is 2.89. The van der Waals surface area contributed by atoms with E-state index in [2.05, 4.69) is 20.5 Å². The van der Waals surface area contributed by atoms with Crippen molar-refractivity contribution < 1.29 is 22.7 Å². The van der Waals surface area contributed by atoms with E-state index in [1.54, 1.807) is 36.5 Å². The molecule has 2 heterocycles. The first-order valence-corrected chi connectivity index (χ1v) is 11.8. The van der Waals surface area contributed by atoms with Crippen molar-refractivity contribution in [3.05, 3.63) is 83.0 Å². The van der Waals surface area contributed by atoms with Gasteiger partial charge in [-0.05, 0) is 54.6 Å². The summed E-state index contributed by atoms with van der Waals surface area (Å²) in [6, 6.07) is 14.9. The molecule has 0 aliphatic carbocycles. The molecule has 1 aliphatic rings. The van der Waals surface area contributed by atoms with Crippen LogP contribution in [0.2, 0.25) is 5.02 Å². The maximum Gasteiger partial charge on any atom is 0.417 e. The van der Waals surface area contributed by atoms with Crippen LogP contribution in [0.5, 0.6) is 11.5 Å². The number of nitrogens with zero attached hydrogens (tertiary/aromatic N) is 3. The quantitative estimate of drug-likeness (QED) is 0.344. The van der Waals surface area contributed by atoms with Gasteiger partial charge in [0.05, 0.1) is 27.8 Å². The lowest BCUT2D eigenvalue weighted by Gasteiger charge is -2.28. The Bertz CT molecular complexity index is 1440. The smallest absolute Gasteiger partial charge is 0.417 e. The van der Waals surface area contributed by atoms with Gasteiger partial charge in [-0.3, -0.25) is 9.78 Å². The normalized spacial score (nSPS) is 14.0. The zero-order valence-electron chi connectivity index (χ0n) is 19.3. The largest absolute Gasteiger partial charge is 0.457 e. The van der Waals surface area contributed by atoms with Gasteiger partial charge < -0.3 is 20.3 Å². The Morgan fingerprint density at radius 1 is 0.973 bits per heavy atom. The second kappa shape index (κ2) is 10.2. The summed E-state index contributed by atoms with van der Waals surface area (Å²) in [4.78, 5) is 23.9. The Morgan fingerprint density at radius 2 is 1.70 bits per heavy atom. The molecule has 4 aromatic rings. The summed E-state index contributed by atoms with van der Waals surface area (Å²) in [6.45, 7) is 3.52. The van der Waals surface area contributed by atoms with E-state index in [0.29, 0.717) is 22.7 Å². The molecule has 0 spiro atoms. The number of nitrogens with one attached hydrogen (secondary N) is 2. The molecular formula is C26H21ClF3N5O2. The zero-order valence-corrected chi connectivity index (χ0v) is 20.1. The van der Waals surface area contributed by atoms with Crippen LogP contribution in [-0.2, 0) is 6.18 Å². The van der Waals surface area contributed by atoms with Crippen LogP contribution in [0.25, 0.3) is 11.0 Å². The molecule has 0 bridgehead atoms. The number of fused-ring (bicyclic) bond motifs is 1. The number of benzene rings is 3. The number of alkyl halides is 3. The van der Waals surface area contributed by atoms with Gasteiger partial charge >= 0.3 is 6.18 Å². The number of anilines is 2. The predicted octanol–water partition coefficient (Wildman–Crippen LogP) is 5.76. The fourth-order valence-electron chi connectivity index (χ4n) is 3.92. The molecule has 2 N–H and O–H groups in total. The average molecular weight is 528 g/mol. The number of carbonyl (C=O) groups is 1. The van der Waals surface area contributed by atoms with Crippen molar-refractivity contribution >= 4 is 40.0 Å². The van der Waals surface area contributed by atoms with Crippen molar-refractivity contribution in [2.45, 2.75) is 6.18 Å². The maximum atomic E-state index is 13.1. The molecule has 0 radical (unpaired) electrons. The molecule has 1 aromatic heterocycles. The highest BCUT2D eigenvalue weighted by Gasteiger charge is 2.33. The third-order valence-corrected chi connectivity index (χ3v) is 6.15. The summed E-state index contributed by atoms with van der Waals surface area (Å²) >= 11 is 5.63. The first-order valence-electron chi connectivity index (χ1n) is 11.4. The molecule has 0 atom stereocenters. The van der Waals surface area contributed by atoms with E-state index in [-0.39, 0.29) is 5.56 Å². The van der Waals surface area contributed by atoms with Gasteiger partial charge in [0, 0.05) is 43.5 Å². The number of carbonyl (C=O) groups excluding carboxylic acids is 1. The predicted molar refractivity (Wildman–Crippen MR) is 136 cm³/mol. The number of rotatable bonds is 5. The monoisotopic (exact) mass is 527 g/mol. The number of hydrogen-bond donors (Lipinski definition) is 2. The topological polar surface area (TPSA) is 79.4 Å². The molecule has 5 rings (SSSR count). The second-order valence-corrected chi connectivity index (χ2v) is 8.80. The maximum absolute atomic E-state index is 13.1. The molecule has 11 heteroatoms. The summed E-state index contributed by atoms with van der Waals surface area (Å²) in [5.41, 5.74) is 0.630. The van der Waals surface area contributed by atoms with E-state index in [9.17, 15) is 18.0 Å². The van der Waals surface area contributed by atoms with E-state index < -0.39 is 22.7 Å². The Labute approximate surface area is 215 Å². The molecule has 37 heavy (non-hydrogen) atoms. The van der Waals surface area contributed by atoms with Gasteiger partial charge in [-0.25, -0.2) is 4.98 Å². The highest BCUT2D eigenvalue weighted by molar-refractivity contribution is 6.31. The van der Waals surface area contributed by atoms with Crippen LogP contribution >= 0.6 is 11.6 Å². The Balaban J connectivity index is 1.27. The number of aromatic nitrogens is 2. The minimum Gasteiger partial charge on any atom is -0.457 e. The van der Waals surface area contributed by atoms with Gasteiger partial charge in [0.1, 0.15) is 17.3 Å². The van der Waals surface area contributed by atoms with Crippen LogP contribution < -0.4 is 20.3 Å². The van der Waals surface area contributed by atoms with Gasteiger partial charge in [0.25, 0.3) is 5.91 Å². The third-order valence-electron chi connectivity index (χ3n) is 5.82. The molecule has 7 nitrogen and oxygen atoms in total. The van der Waals surface area contributed by atoms with Crippen LogP contribution in [0.3, 0.4) is 0 Å². The molecule has 1 amide bonds. The lowest BCUT2D eigenvalue weighted by Crippen LogP contribution is -2.43. The lowest BCUT2D eigenvalue weighted by atomic mass is 10.1. The van der Waals surface area contributed by atoms with Crippen molar-refractivity contribution in [1.82, 2.24) is 15.3 Å². The summed E-state index contributed by atoms with van der Waals surface area (Å²) < 4.78 is 45.2. The summed E-state index contributed by atoms with van der Waals surface area (Å²) in [6.07, 6.45) is -2.89. The molecule has 1 aliphatic heterocycles. The van der Waals surface area contributed by atoms with Crippen LogP contribution in [0.15, 0.2) is 66.9 Å². The number of amides is 1. The van der Waals surface area contributed by atoms with Gasteiger partial charge in [-0.15, -0.1) is 0 Å². The van der Waals surface area contributed by atoms with Crippen molar-refractivity contribution in [2.24, 2.45) is 0 Å². The number of piperazine rings is 1. The number of ether oxygens (including phenoxy) is 1. The molecule has 3 aromatic carbocycles. The Hall–Kier alpha value is -3.89. The number of hydrogen-bond acceptors (Lipinski definition) is 6. The minimum absolute atomic E-state index is 0.158. The van der Waals surface area contributed by atoms with Crippen LogP contribution in [-0.4, -0.2) is 42.1 Å². The van der Waals surface area contributed by atoms with Gasteiger partial charge in [0.15, 0.2) is 0 Å². The van der Waals surface area contributed by atoms with E-state index in [4.69, 9.17) is 21.3 Å². The fourth-order valence-corrected chi connectivity index (χ4v) is 4.15. The van der Waals surface area contributed by atoms with Gasteiger partial charge in [0.2, 0.25) is 0 Å². The van der Waals surface area contributed by atoms with Gasteiger partial charge in [-0.2, -0.15) is 13.2 Å². The highest BCUT2D eigenvalue weighted by Crippen LogP contribution is 2.35. The SMILES string of the molecule is O=C(Nc1ccc(Oc2ccc3ncc(N4CCNCC4)nc3c2)cc1)c1ccc(Cl)c(C(F)(F)F)c1. The summed E-state index contributed by atoms with van der Waals surface area (Å²) in [5, 5.41) is 5.42.